The molecule has 2 aromatic heterocycles. The first-order valence-electron chi connectivity index (χ1n) is 17.7. The quantitative estimate of drug-likeness (QED) is 0.113. The van der Waals surface area contributed by atoms with Gasteiger partial charge in [-0.15, -0.1) is 22.7 Å². The van der Waals surface area contributed by atoms with Gasteiger partial charge in [0.05, 0.1) is 34.8 Å². The lowest BCUT2D eigenvalue weighted by atomic mass is 9.93. The number of amides is 4. The molecule has 1 aliphatic rings. The Labute approximate surface area is 313 Å². The molecule has 12 nitrogen and oxygen atoms in total. The zero-order valence-corrected chi connectivity index (χ0v) is 31.6. The molecule has 4 amide bonds. The Morgan fingerprint density at radius 2 is 1.62 bits per heavy atom. The van der Waals surface area contributed by atoms with Crippen molar-refractivity contribution in [2.24, 2.45) is 5.92 Å². The van der Waals surface area contributed by atoms with Crippen molar-refractivity contribution in [2.45, 2.75) is 83.3 Å². The first-order valence-corrected chi connectivity index (χ1v) is 19.5. The van der Waals surface area contributed by atoms with Gasteiger partial charge in [-0.25, -0.2) is 14.6 Å². The zero-order valence-electron chi connectivity index (χ0n) is 29.9. The average Bonchev–Trinajstić information content (AvgIpc) is 3.94. The summed E-state index contributed by atoms with van der Waals surface area (Å²) in [5.41, 5.74) is 4.37. The third-order valence-electron chi connectivity index (χ3n) is 8.98. The lowest BCUT2D eigenvalue weighted by molar-refractivity contribution is -0.124. The van der Waals surface area contributed by atoms with E-state index in [4.69, 9.17) is 9.72 Å². The minimum Gasteiger partial charge on any atom is -0.444 e. The van der Waals surface area contributed by atoms with Crippen molar-refractivity contribution in [2.75, 3.05) is 25.0 Å². The van der Waals surface area contributed by atoms with Gasteiger partial charge in [0, 0.05) is 37.8 Å². The highest BCUT2D eigenvalue weighted by atomic mass is 32.1. The number of aliphatic hydroxyl groups excluding tert-OH is 1. The summed E-state index contributed by atoms with van der Waals surface area (Å²) in [6, 6.07) is 16.8. The molecular formula is C38H49N7O5S2. The molecule has 52 heavy (non-hydrogen) atoms. The number of nitrogens with zero attached hydrogens (tertiary/aromatic N) is 4. The number of carbonyl (C=O) groups excluding carboxylic acids is 3. The topological polar surface area (TPSA) is 149 Å². The third kappa shape index (κ3) is 11.8. The van der Waals surface area contributed by atoms with Gasteiger partial charge in [0.25, 0.3) is 0 Å². The number of rotatable bonds is 17. The van der Waals surface area contributed by atoms with Gasteiger partial charge in [-0.1, -0.05) is 74.5 Å². The molecule has 0 bridgehead atoms. The number of urea groups is 1. The molecule has 0 aliphatic carbocycles. The summed E-state index contributed by atoms with van der Waals surface area (Å²) < 4.78 is 5.44. The predicted molar refractivity (Wildman–Crippen MR) is 204 cm³/mol. The monoisotopic (exact) mass is 747 g/mol. The number of hydrogen-bond acceptors (Lipinski definition) is 10. The molecule has 0 spiro atoms. The van der Waals surface area contributed by atoms with Crippen molar-refractivity contribution >= 4 is 45.8 Å². The van der Waals surface area contributed by atoms with Crippen molar-refractivity contribution in [1.82, 2.24) is 30.8 Å². The molecule has 278 valence electrons. The number of hydrogen-bond donors (Lipinski definition) is 4. The number of benzene rings is 2. The molecule has 0 unspecified atom stereocenters. The van der Waals surface area contributed by atoms with Gasteiger partial charge in [0.15, 0.2) is 5.13 Å². The van der Waals surface area contributed by atoms with E-state index in [2.05, 4.69) is 25.8 Å². The second-order valence-corrected chi connectivity index (χ2v) is 15.3. The Kier molecular flexibility index (Phi) is 14.4. The summed E-state index contributed by atoms with van der Waals surface area (Å²) in [4.78, 5) is 53.6. The van der Waals surface area contributed by atoms with E-state index in [-0.39, 0.29) is 30.9 Å². The molecule has 2 aromatic carbocycles. The highest BCUT2D eigenvalue weighted by Crippen LogP contribution is 2.25. The second kappa shape index (κ2) is 19.3. The van der Waals surface area contributed by atoms with E-state index in [1.54, 1.807) is 30.1 Å². The maximum atomic E-state index is 13.9. The van der Waals surface area contributed by atoms with Gasteiger partial charge in [0.1, 0.15) is 12.6 Å². The van der Waals surface area contributed by atoms with Gasteiger partial charge in [-0.3, -0.25) is 9.78 Å². The number of carbonyl (C=O) groups is 3. The van der Waals surface area contributed by atoms with Crippen LogP contribution in [0, 0.1) is 5.92 Å². The van der Waals surface area contributed by atoms with Crippen LogP contribution in [-0.2, 0) is 35.5 Å². The summed E-state index contributed by atoms with van der Waals surface area (Å²) in [7, 11) is 1.69. The van der Waals surface area contributed by atoms with Crippen LogP contribution in [-0.4, -0.2) is 82.4 Å². The van der Waals surface area contributed by atoms with Crippen LogP contribution < -0.4 is 20.9 Å². The number of thiazole rings is 2. The molecule has 0 radical (unpaired) electrons. The molecule has 4 aromatic rings. The Hall–Kier alpha value is -4.53. The fraction of sp³-hybridized carbons (Fsp3) is 0.447. The number of nitrogens with one attached hydrogen (secondary N) is 3. The molecule has 1 fully saturated rings. The van der Waals surface area contributed by atoms with Crippen LogP contribution in [0.4, 0.5) is 14.7 Å². The fourth-order valence-corrected chi connectivity index (χ4v) is 7.52. The Morgan fingerprint density at radius 3 is 2.25 bits per heavy atom. The summed E-state index contributed by atoms with van der Waals surface area (Å²) >= 11 is 2.97. The molecule has 5 rings (SSSR count). The summed E-state index contributed by atoms with van der Waals surface area (Å²) in [6.07, 6.45) is 3.17. The van der Waals surface area contributed by atoms with E-state index >= 15 is 0 Å². The van der Waals surface area contributed by atoms with Crippen LogP contribution >= 0.6 is 22.7 Å². The molecule has 1 aliphatic heterocycles. The van der Waals surface area contributed by atoms with Crippen LogP contribution in [0.15, 0.2) is 77.8 Å². The summed E-state index contributed by atoms with van der Waals surface area (Å²) in [5.74, 6) is -0.576. The van der Waals surface area contributed by atoms with Crippen LogP contribution in [0.2, 0.25) is 0 Å². The maximum absolute atomic E-state index is 13.9. The zero-order chi connectivity index (χ0) is 36.9. The van der Waals surface area contributed by atoms with Crippen LogP contribution in [0.5, 0.6) is 0 Å². The minimum atomic E-state index is -1.05. The smallest absolute Gasteiger partial charge is 0.407 e. The van der Waals surface area contributed by atoms with Gasteiger partial charge >= 0.3 is 12.1 Å². The number of aromatic nitrogens is 2. The molecule has 0 saturated carbocycles. The molecule has 14 heteroatoms. The van der Waals surface area contributed by atoms with Crippen LogP contribution in [0.25, 0.3) is 0 Å². The predicted octanol–water partition coefficient (Wildman–Crippen LogP) is 5.38. The van der Waals surface area contributed by atoms with E-state index in [1.165, 1.54) is 16.2 Å². The van der Waals surface area contributed by atoms with Crippen LogP contribution in [0.3, 0.4) is 0 Å². The first-order chi connectivity index (χ1) is 25.1. The average molecular weight is 748 g/mol. The fourth-order valence-electron chi connectivity index (χ4n) is 6.15. The maximum Gasteiger partial charge on any atom is 0.407 e. The van der Waals surface area contributed by atoms with Crippen molar-refractivity contribution in [1.29, 1.82) is 0 Å². The van der Waals surface area contributed by atoms with E-state index < -0.39 is 30.3 Å². The molecular weight excluding hydrogens is 699 g/mol. The van der Waals surface area contributed by atoms with Crippen LogP contribution in [0.1, 0.15) is 54.8 Å². The third-order valence-corrected chi connectivity index (χ3v) is 10.7. The van der Waals surface area contributed by atoms with Crippen molar-refractivity contribution in [3.63, 3.8) is 0 Å². The first kappa shape index (κ1) is 38.7. The Morgan fingerprint density at radius 1 is 0.942 bits per heavy atom. The Balaban J connectivity index is 1.25. The lowest BCUT2D eigenvalue weighted by Gasteiger charge is -2.30. The van der Waals surface area contributed by atoms with Gasteiger partial charge in [0.2, 0.25) is 5.91 Å². The number of aliphatic hydroxyl groups is 1. The van der Waals surface area contributed by atoms with E-state index in [1.807, 2.05) is 79.9 Å². The van der Waals surface area contributed by atoms with Gasteiger partial charge in [-0.2, -0.15) is 0 Å². The standard InChI is InChI=1S/C38H49N7O5S2/c1-26(2)34(43-36(48)44(3)22-30-24-51-37(41-30)45-16-10-11-17-45)35(47)40-29(18-27-12-6-4-7-13-27)20-33(46)32(19-28-14-8-5-9-15-28)42-38(49)50-23-31-21-39-25-52-31/h4-9,12-15,21,24-26,29,32-34,46H,10-11,16-20,22-23H2,1-3H3,(H,40,47)(H,42,49)(H,43,48)/t29-,32-,33-,34-/m0/s1. The normalized spacial score (nSPS) is 15.1. The lowest BCUT2D eigenvalue weighted by Crippen LogP contribution is -2.55. The van der Waals surface area contributed by atoms with Gasteiger partial charge < -0.3 is 35.6 Å². The number of alkyl carbamates (subject to hydrolysis) is 1. The van der Waals surface area contributed by atoms with Gasteiger partial charge in [-0.05, 0) is 49.1 Å². The molecule has 1 saturated heterocycles. The van der Waals surface area contributed by atoms with E-state index in [0.717, 1.165) is 52.8 Å². The molecule has 4 atom stereocenters. The highest BCUT2D eigenvalue weighted by molar-refractivity contribution is 7.13. The second-order valence-electron chi connectivity index (χ2n) is 13.5. The van der Waals surface area contributed by atoms with Crippen molar-refractivity contribution < 1.29 is 24.2 Å². The SMILES string of the molecule is CC(C)[C@H](NC(=O)N(C)Cc1csc(N2CCCC2)n1)C(=O)N[C@@H](Cc1ccccc1)C[C@H](O)[C@H](Cc1ccccc1)NC(=O)OCc1cncs1. The van der Waals surface area contributed by atoms with E-state index in [0.29, 0.717) is 19.4 Å². The molecule has 3 heterocycles. The minimum absolute atomic E-state index is 0.0677. The largest absolute Gasteiger partial charge is 0.444 e. The number of ether oxygens (including phenoxy) is 1. The summed E-state index contributed by atoms with van der Waals surface area (Å²) in [5, 5.41) is 23.6. The summed E-state index contributed by atoms with van der Waals surface area (Å²) in [6.45, 7) is 6.15. The van der Waals surface area contributed by atoms with Crippen molar-refractivity contribution in [3.8, 4) is 0 Å². The highest BCUT2D eigenvalue weighted by Gasteiger charge is 2.31. The molecule has 4 N–H and O–H groups in total. The number of anilines is 1. The van der Waals surface area contributed by atoms with Crippen molar-refractivity contribution in [3.05, 3.63) is 99.4 Å². The van der Waals surface area contributed by atoms with E-state index in [9.17, 15) is 19.5 Å². The Bertz CT molecular complexity index is 1680.